The van der Waals surface area contributed by atoms with Gasteiger partial charge in [0.25, 0.3) is 0 Å². The number of nitrogens with zero attached hydrogens (tertiary/aromatic N) is 12. The quantitative estimate of drug-likeness (QED) is 0.197. The summed E-state index contributed by atoms with van der Waals surface area (Å²) in [5.74, 6) is 2.00. The van der Waals surface area contributed by atoms with Crippen molar-refractivity contribution in [1.29, 1.82) is 0 Å². The topological polar surface area (TPSA) is 48.1 Å². The lowest BCUT2D eigenvalue weighted by molar-refractivity contribution is -0.00175. The van der Waals surface area contributed by atoms with E-state index < -0.39 is 0 Å². The lowest BCUT2D eigenvalue weighted by atomic mass is 10.0. The summed E-state index contributed by atoms with van der Waals surface area (Å²) in [5, 5.41) is 0. The predicted octanol–water partition coefficient (Wildman–Crippen LogP) is 7.27. The van der Waals surface area contributed by atoms with Crippen molar-refractivity contribution in [2.45, 2.75) is 220 Å². The van der Waals surface area contributed by atoms with E-state index in [0.29, 0.717) is 0 Å². The Bertz CT molecular complexity index is 1330. The lowest BCUT2D eigenvalue weighted by Crippen LogP contribution is -2.50. The number of ether oxygens (including phenoxy) is 1. The second-order valence-corrected chi connectivity index (χ2v) is 27.5. The van der Waals surface area contributed by atoms with Gasteiger partial charge in [-0.3, -0.25) is 29.4 Å². The Morgan fingerprint density at radius 3 is 0.920 bits per heavy atom. The largest absolute Gasteiger partial charge is 0.379 e. The number of hydrogen-bond acceptors (Lipinski definition) is 13. The normalized spacial score (nSPS) is 29.0. The van der Waals surface area contributed by atoms with Crippen molar-refractivity contribution in [3.63, 3.8) is 0 Å². The van der Waals surface area contributed by atoms with Crippen LogP contribution in [-0.4, -0.2) is 305 Å². The molecule has 0 radical (unpaired) electrons. The highest BCUT2D eigenvalue weighted by molar-refractivity contribution is 4.99. The molecule has 442 valence electrons. The number of fused-ring (bicyclic) bond motifs is 1. The molecular formula is C62H128N12O. The molecule has 8 aliphatic heterocycles. The molecule has 75 heavy (non-hydrogen) atoms. The first kappa shape index (κ1) is 65.3. The summed E-state index contributed by atoms with van der Waals surface area (Å²) >= 11 is 0. The van der Waals surface area contributed by atoms with E-state index >= 15 is 0 Å². The molecule has 0 unspecified atom stereocenters. The predicted molar refractivity (Wildman–Crippen MR) is 323 cm³/mol. The third-order valence-electron chi connectivity index (χ3n) is 19.5. The summed E-state index contributed by atoms with van der Waals surface area (Å²) in [6.45, 7) is 52.6. The number of morpholine rings is 1. The molecule has 4 atom stereocenters. The second kappa shape index (κ2) is 32.8. The molecule has 8 saturated heterocycles. The van der Waals surface area contributed by atoms with Crippen LogP contribution in [0.15, 0.2) is 0 Å². The van der Waals surface area contributed by atoms with Gasteiger partial charge in [-0.15, -0.1) is 0 Å². The molecule has 0 N–H and O–H groups in total. The maximum Gasteiger partial charge on any atom is 0.0594 e. The molecule has 0 aromatic heterocycles. The van der Waals surface area contributed by atoms with Gasteiger partial charge in [0.1, 0.15) is 0 Å². The fourth-order valence-electron chi connectivity index (χ4n) is 13.2. The third-order valence-corrected chi connectivity index (χ3v) is 19.5. The maximum atomic E-state index is 5.40. The van der Waals surface area contributed by atoms with E-state index in [2.05, 4.69) is 184 Å². The van der Waals surface area contributed by atoms with Crippen molar-refractivity contribution >= 4 is 0 Å². The van der Waals surface area contributed by atoms with Crippen LogP contribution < -0.4 is 0 Å². The Kier molecular flexibility index (Phi) is 28.6. The van der Waals surface area contributed by atoms with Crippen molar-refractivity contribution in [3.8, 4) is 0 Å². The first-order valence-electron chi connectivity index (χ1n) is 31.8. The number of likely N-dealkylation sites (tertiary alicyclic amines) is 6. The maximum absolute atomic E-state index is 5.40. The summed E-state index contributed by atoms with van der Waals surface area (Å²) in [5.41, 5.74) is 0. The standard InChI is InChI=1S/C12H24N2O.C12H22N2.C10H20N2.C10H22N2.2C9H20N2/c1-11(2)13-5-3-12(4-6-13)14-7-9-15-10-8-14;1-9(2)13-5-10-7-14(12-3-4-12)8-11(10)6-13;1-9(2)11-5-7-12(8-6-11)10-3-4-10;1-9(2)12-7-5-10(6-8-12)11(3)4;2*1-8(2)11-6-5-9(7-11)10(3)4/h11-12H,3-10H2,1-2H3;9-12H,3-8H2,1-2H3;9-10H,3-8H2,1-2H3;9-10H,5-8H2,1-4H3;2*8-9H,5-7H2,1-4H3/t;10-,11+;;;2*9-/m....10/s1. The summed E-state index contributed by atoms with van der Waals surface area (Å²) in [6, 6.07) is 9.58. The molecule has 0 spiro atoms. The van der Waals surface area contributed by atoms with E-state index in [1.54, 1.807) is 0 Å². The molecule has 0 aromatic rings. The van der Waals surface area contributed by atoms with Crippen LogP contribution >= 0.6 is 0 Å². The Morgan fingerprint density at radius 2 is 0.587 bits per heavy atom. The molecule has 2 saturated carbocycles. The van der Waals surface area contributed by atoms with Crippen LogP contribution in [-0.2, 0) is 4.74 Å². The Morgan fingerprint density at radius 1 is 0.280 bits per heavy atom. The highest BCUT2D eigenvalue weighted by Crippen LogP contribution is 2.38. The highest BCUT2D eigenvalue weighted by atomic mass is 16.5. The third kappa shape index (κ3) is 22.4. The second-order valence-electron chi connectivity index (χ2n) is 27.5. The summed E-state index contributed by atoms with van der Waals surface area (Å²) in [4.78, 5) is 30.6. The molecule has 8 heterocycles. The zero-order valence-corrected chi connectivity index (χ0v) is 53.1. The molecule has 10 fully saturated rings. The van der Waals surface area contributed by atoms with E-state index in [1.165, 1.54) is 169 Å². The number of piperazine rings is 1. The number of piperidine rings is 2. The summed E-state index contributed by atoms with van der Waals surface area (Å²) in [7, 11) is 13.1. The van der Waals surface area contributed by atoms with Gasteiger partial charge in [-0.25, -0.2) is 0 Å². The molecule has 13 heteroatoms. The van der Waals surface area contributed by atoms with E-state index in [1.807, 2.05) is 0 Å². The number of hydrogen-bond donors (Lipinski definition) is 0. The van der Waals surface area contributed by atoms with Crippen molar-refractivity contribution in [1.82, 2.24) is 58.8 Å². The minimum atomic E-state index is 0.718. The van der Waals surface area contributed by atoms with Gasteiger partial charge in [-0.1, -0.05) is 0 Å². The highest BCUT2D eigenvalue weighted by Gasteiger charge is 2.44. The van der Waals surface area contributed by atoms with Gasteiger partial charge in [-0.2, -0.15) is 0 Å². The van der Waals surface area contributed by atoms with Crippen LogP contribution in [0.25, 0.3) is 0 Å². The SMILES string of the molecule is CC(C)N1CCC(N(C)C)CC1.CC(C)N1CCC(N2CCOCC2)CC1.CC(C)N1CCN(C2CC2)CC1.CC(C)N1CC[C@@H](N(C)C)C1.CC(C)N1CC[C@H](N(C)C)C1.CC(C)N1C[C@@H]2CN(C3CC3)C[C@@H]2C1. The van der Waals surface area contributed by atoms with Gasteiger partial charge in [0.15, 0.2) is 0 Å². The first-order valence-corrected chi connectivity index (χ1v) is 31.8. The fourth-order valence-corrected chi connectivity index (χ4v) is 13.2. The van der Waals surface area contributed by atoms with Crippen molar-refractivity contribution in [2.75, 3.05) is 173 Å². The first-order chi connectivity index (χ1) is 35.6. The molecule has 10 aliphatic rings. The van der Waals surface area contributed by atoms with Gasteiger partial charge in [0.05, 0.1) is 13.2 Å². The van der Waals surface area contributed by atoms with E-state index in [-0.39, 0.29) is 0 Å². The van der Waals surface area contributed by atoms with Gasteiger partial charge in [0, 0.05) is 164 Å². The lowest BCUT2D eigenvalue weighted by Gasteiger charge is -2.41. The van der Waals surface area contributed by atoms with Crippen LogP contribution in [0.3, 0.4) is 0 Å². The van der Waals surface area contributed by atoms with E-state index in [9.17, 15) is 0 Å². The van der Waals surface area contributed by atoms with Crippen LogP contribution in [0.1, 0.15) is 147 Å². The van der Waals surface area contributed by atoms with Crippen molar-refractivity contribution in [3.05, 3.63) is 0 Å². The fraction of sp³-hybridized carbons (Fsp3) is 1.00. The zero-order chi connectivity index (χ0) is 54.9. The summed E-state index contributed by atoms with van der Waals surface area (Å²) < 4.78 is 5.40. The van der Waals surface area contributed by atoms with Crippen molar-refractivity contribution < 1.29 is 4.74 Å². The monoisotopic (exact) mass is 1060 g/mol. The zero-order valence-electron chi connectivity index (χ0n) is 53.1. The minimum Gasteiger partial charge on any atom is -0.379 e. The molecule has 0 amide bonds. The smallest absolute Gasteiger partial charge is 0.0594 e. The van der Waals surface area contributed by atoms with Crippen LogP contribution in [0, 0.1) is 11.8 Å². The Hall–Kier alpha value is -0.520. The molecule has 0 bridgehead atoms. The minimum absolute atomic E-state index is 0.718. The molecule has 0 aromatic carbocycles. The van der Waals surface area contributed by atoms with E-state index in [4.69, 9.17) is 4.74 Å². The number of rotatable bonds is 12. The number of likely N-dealkylation sites (N-methyl/N-ethyl adjacent to an activating group) is 2. The average molecular weight is 1060 g/mol. The molecule has 13 nitrogen and oxygen atoms in total. The van der Waals surface area contributed by atoms with Gasteiger partial charge in [-0.05, 0) is 228 Å². The Labute approximate surface area is 466 Å². The van der Waals surface area contributed by atoms with Crippen molar-refractivity contribution in [2.24, 2.45) is 11.8 Å². The van der Waals surface area contributed by atoms with Crippen LogP contribution in [0.5, 0.6) is 0 Å². The van der Waals surface area contributed by atoms with Crippen LogP contribution in [0.2, 0.25) is 0 Å². The van der Waals surface area contributed by atoms with E-state index in [0.717, 1.165) is 111 Å². The average Bonchev–Trinajstić information content (AvgIpc) is 4.19. The molecule has 10 rings (SSSR count). The van der Waals surface area contributed by atoms with Gasteiger partial charge in [0.2, 0.25) is 0 Å². The Balaban J connectivity index is 0.000000167. The molecule has 2 aliphatic carbocycles. The molecular weight excluding hydrogens is 929 g/mol. The van der Waals surface area contributed by atoms with Gasteiger partial charge >= 0.3 is 0 Å². The van der Waals surface area contributed by atoms with Crippen LogP contribution in [0.4, 0.5) is 0 Å². The summed E-state index contributed by atoms with van der Waals surface area (Å²) in [6.07, 6.45) is 13.9. The van der Waals surface area contributed by atoms with Gasteiger partial charge < -0.3 is 34.1 Å².